The Morgan fingerprint density at radius 3 is 2.72 bits per heavy atom. The predicted octanol–water partition coefficient (Wildman–Crippen LogP) is 1.82. The molecule has 98 valence electrons. The van der Waals surface area contributed by atoms with Gasteiger partial charge in [-0.2, -0.15) is 0 Å². The van der Waals surface area contributed by atoms with Crippen molar-refractivity contribution >= 4 is 0 Å². The van der Waals surface area contributed by atoms with Crippen molar-refractivity contribution in [2.24, 2.45) is 0 Å². The second-order valence-corrected chi connectivity index (χ2v) is 5.56. The van der Waals surface area contributed by atoms with Crippen LogP contribution in [0.25, 0.3) is 0 Å². The number of likely N-dealkylation sites (N-methyl/N-ethyl adjacent to an activating group) is 1. The fourth-order valence-electron chi connectivity index (χ4n) is 3.04. The number of piperazine rings is 1. The van der Waals surface area contributed by atoms with E-state index in [0.717, 1.165) is 13.1 Å². The zero-order valence-corrected chi connectivity index (χ0v) is 11.2. The minimum absolute atomic E-state index is 0.526. The van der Waals surface area contributed by atoms with E-state index < -0.39 is 0 Å². The molecule has 1 aliphatic heterocycles. The Labute approximate surface area is 110 Å². The average molecular weight is 245 g/mol. The summed E-state index contributed by atoms with van der Waals surface area (Å²) in [4.78, 5) is 2.40. The Morgan fingerprint density at radius 2 is 1.89 bits per heavy atom. The van der Waals surface area contributed by atoms with Gasteiger partial charge in [0, 0.05) is 32.2 Å². The molecule has 0 amide bonds. The molecule has 1 fully saturated rings. The van der Waals surface area contributed by atoms with Gasteiger partial charge in [0.2, 0.25) is 0 Å². The van der Waals surface area contributed by atoms with E-state index in [9.17, 15) is 0 Å². The van der Waals surface area contributed by atoms with Crippen molar-refractivity contribution in [2.75, 3.05) is 33.2 Å². The maximum Gasteiger partial charge on any atom is 0.0467 e. The first kappa shape index (κ1) is 12.2. The Hall–Kier alpha value is -0.900. The highest BCUT2D eigenvalue weighted by Gasteiger charge is 2.22. The van der Waals surface area contributed by atoms with Crippen LogP contribution in [0.2, 0.25) is 0 Å². The van der Waals surface area contributed by atoms with Crippen molar-refractivity contribution < 1.29 is 0 Å². The molecule has 1 aromatic rings. The van der Waals surface area contributed by atoms with Gasteiger partial charge in [-0.15, -0.1) is 0 Å². The van der Waals surface area contributed by atoms with E-state index in [2.05, 4.69) is 46.6 Å². The van der Waals surface area contributed by atoms with E-state index in [-0.39, 0.29) is 0 Å². The molecule has 0 aromatic heterocycles. The first-order chi connectivity index (χ1) is 8.83. The van der Waals surface area contributed by atoms with Crippen LogP contribution in [0.1, 0.15) is 30.0 Å². The summed E-state index contributed by atoms with van der Waals surface area (Å²) in [5.74, 6) is 0. The average Bonchev–Trinajstić information content (AvgIpc) is 2.42. The molecule has 3 heteroatoms. The van der Waals surface area contributed by atoms with Crippen LogP contribution in [0.3, 0.4) is 0 Å². The molecule has 1 unspecified atom stereocenters. The largest absolute Gasteiger partial charge is 0.304 e. The molecule has 1 aromatic carbocycles. The number of rotatable bonds is 2. The van der Waals surface area contributed by atoms with E-state index in [1.165, 1.54) is 43.5 Å². The zero-order chi connectivity index (χ0) is 12.4. The quantitative estimate of drug-likeness (QED) is 0.857. The van der Waals surface area contributed by atoms with Crippen LogP contribution in [-0.2, 0) is 6.42 Å². The van der Waals surface area contributed by atoms with Crippen molar-refractivity contribution in [3.05, 3.63) is 35.4 Å². The highest BCUT2D eigenvalue weighted by Crippen LogP contribution is 2.29. The third kappa shape index (κ3) is 2.58. The van der Waals surface area contributed by atoms with Gasteiger partial charge in [-0.25, -0.2) is 10.4 Å². The number of hydrogen-bond acceptors (Lipinski definition) is 3. The third-order valence-electron chi connectivity index (χ3n) is 4.21. The van der Waals surface area contributed by atoms with Crippen molar-refractivity contribution in [3.8, 4) is 0 Å². The third-order valence-corrected chi connectivity index (χ3v) is 4.21. The Morgan fingerprint density at radius 1 is 1.11 bits per heavy atom. The molecule has 2 aliphatic rings. The summed E-state index contributed by atoms with van der Waals surface area (Å²) < 4.78 is 0. The van der Waals surface area contributed by atoms with Crippen LogP contribution in [0.15, 0.2) is 24.3 Å². The van der Waals surface area contributed by atoms with Crippen LogP contribution in [0.5, 0.6) is 0 Å². The first-order valence-electron chi connectivity index (χ1n) is 7.10. The summed E-state index contributed by atoms with van der Waals surface area (Å²) in [5, 5.41) is 2.41. The number of hydrazine groups is 1. The summed E-state index contributed by atoms with van der Waals surface area (Å²) in [7, 11) is 2.20. The Bertz CT molecular complexity index is 396. The monoisotopic (exact) mass is 245 g/mol. The molecule has 1 N–H and O–H groups in total. The summed E-state index contributed by atoms with van der Waals surface area (Å²) in [5.41, 5.74) is 6.79. The SMILES string of the molecule is CN1CCN(NC2CCCc3ccccc32)CC1. The van der Waals surface area contributed by atoms with Crippen LogP contribution in [0, 0.1) is 0 Å². The van der Waals surface area contributed by atoms with Gasteiger partial charge in [-0.3, -0.25) is 0 Å². The molecule has 0 spiro atoms. The van der Waals surface area contributed by atoms with Crippen molar-refractivity contribution in [1.29, 1.82) is 0 Å². The standard InChI is InChI=1S/C15H23N3/c1-17-9-11-18(12-10-17)16-15-8-4-6-13-5-2-3-7-14(13)15/h2-3,5,7,15-16H,4,6,8-12H2,1H3. The number of hydrogen-bond donors (Lipinski definition) is 1. The second-order valence-electron chi connectivity index (χ2n) is 5.56. The van der Waals surface area contributed by atoms with Crippen LogP contribution in [0.4, 0.5) is 0 Å². The molecule has 0 bridgehead atoms. The fraction of sp³-hybridized carbons (Fsp3) is 0.600. The first-order valence-corrected chi connectivity index (χ1v) is 7.10. The van der Waals surface area contributed by atoms with Gasteiger partial charge in [0.05, 0.1) is 0 Å². The molecular weight excluding hydrogens is 222 g/mol. The summed E-state index contributed by atoms with van der Waals surface area (Å²) in [6, 6.07) is 9.44. The van der Waals surface area contributed by atoms with E-state index in [0.29, 0.717) is 6.04 Å². The lowest BCUT2D eigenvalue weighted by Crippen LogP contribution is -2.52. The van der Waals surface area contributed by atoms with Crippen LogP contribution >= 0.6 is 0 Å². The lowest BCUT2D eigenvalue weighted by atomic mass is 9.88. The van der Waals surface area contributed by atoms with Gasteiger partial charge < -0.3 is 4.90 Å². The molecule has 1 aliphatic carbocycles. The van der Waals surface area contributed by atoms with Crippen molar-refractivity contribution in [2.45, 2.75) is 25.3 Å². The maximum absolute atomic E-state index is 3.74. The lowest BCUT2D eigenvalue weighted by Gasteiger charge is -2.37. The van der Waals surface area contributed by atoms with Gasteiger partial charge in [0.25, 0.3) is 0 Å². The second kappa shape index (κ2) is 5.39. The Balaban J connectivity index is 1.67. The minimum Gasteiger partial charge on any atom is -0.304 e. The topological polar surface area (TPSA) is 18.5 Å². The Kier molecular flexibility index (Phi) is 3.64. The van der Waals surface area contributed by atoms with Crippen LogP contribution in [-0.4, -0.2) is 43.1 Å². The molecule has 1 heterocycles. The number of aryl methyl sites for hydroxylation is 1. The number of fused-ring (bicyclic) bond motifs is 1. The van der Waals surface area contributed by atoms with E-state index in [1.54, 1.807) is 0 Å². The van der Waals surface area contributed by atoms with Gasteiger partial charge in [-0.1, -0.05) is 24.3 Å². The molecule has 18 heavy (non-hydrogen) atoms. The molecule has 1 atom stereocenters. The zero-order valence-electron chi connectivity index (χ0n) is 11.2. The fourth-order valence-corrected chi connectivity index (χ4v) is 3.04. The normalized spacial score (nSPS) is 25.9. The van der Waals surface area contributed by atoms with E-state index in [4.69, 9.17) is 0 Å². The maximum atomic E-state index is 3.74. The predicted molar refractivity (Wildman–Crippen MR) is 74.3 cm³/mol. The number of nitrogens with one attached hydrogen (secondary N) is 1. The molecule has 3 nitrogen and oxygen atoms in total. The van der Waals surface area contributed by atoms with Crippen LogP contribution < -0.4 is 5.43 Å². The smallest absolute Gasteiger partial charge is 0.0467 e. The van der Waals surface area contributed by atoms with Crippen molar-refractivity contribution in [1.82, 2.24) is 15.3 Å². The van der Waals surface area contributed by atoms with Gasteiger partial charge in [0.15, 0.2) is 0 Å². The highest BCUT2D eigenvalue weighted by atomic mass is 15.5. The summed E-state index contributed by atoms with van der Waals surface area (Å²) in [6.45, 7) is 4.60. The summed E-state index contributed by atoms with van der Waals surface area (Å²) >= 11 is 0. The van der Waals surface area contributed by atoms with Gasteiger partial charge in [0.1, 0.15) is 0 Å². The lowest BCUT2D eigenvalue weighted by molar-refractivity contribution is 0.0828. The molecule has 0 saturated carbocycles. The molecule has 3 rings (SSSR count). The highest BCUT2D eigenvalue weighted by molar-refractivity contribution is 5.31. The van der Waals surface area contributed by atoms with Gasteiger partial charge in [-0.05, 0) is 37.4 Å². The van der Waals surface area contributed by atoms with E-state index in [1.807, 2.05) is 0 Å². The number of nitrogens with zero attached hydrogens (tertiary/aromatic N) is 2. The minimum atomic E-state index is 0.526. The number of benzene rings is 1. The molecular formula is C15H23N3. The van der Waals surface area contributed by atoms with Crippen molar-refractivity contribution in [3.63, 3.8) is 0 Å². The summed E-state index contributed by atoms with van der Waals surface area (Å²) in [6.07, 6.45) is 3.82. The molecule has 0 radical (unpaired) electrons. The molecule has 1 saturated heterocycles. The van der Waals surface area contributed by atoms with Gasteiger partial charge >= 0.3 is 0 Å². The van der Waals surface area contributed by atoms with E-state index >= 15 is 0 Å².